The van der Waals surface area contributed by atoms with Gasteiger partial charge in [-0.3, -0.25) is 25.2 Å². The minimum Gasteiger partial charge on any atom is -0.481 e. The standard InChI is InChI=1S/C13H14FN3O4/c14-9-3-1-2-4-10(9)21-7-11(18)16-17-13(20)12(19)15-8-5-6-8/h1-4,8H,5-7H2,(H,15,19)(H,16,18)(H,17,20). The highest BCUT2D eigenvalue weighted by Crippen LogP contribution is 2.18. The zero-order valence-corrected chi connectivity index (χ0v) is 11.0. The van der Waals surface area contributed by atoms with Gasteiger partial charge in [0, 0.05) is 6.04 Å². The molecule has 1 aromatic rings. The van der Waals surface area contributed by atoms with E-state index in [2.05, 4.69) is 5.32 Å². The van der Waals surface area contributed by atoms with Gasteiger partial charge in [-0.1, -0.05) is 12.1 Å². The van der Waals surface area contributed by atoms with E-state index in [1.807, 2.05) is 10.9 Å². The summed E-state index contributed by atoms with van der Waals surface area (Å²) in [6, 6.07) is 5.64. The molecule has 0 heterocycles. The van der Waals surface area contributed by atoms with Crippen LogP contribution in [0.5, 0.6) is 5.75 Å². The quantitative estimate of drug-likeness (QED) is 0.521. The molecule has 0 bridgehead atoms. The van der Waals surface area contributed by atoms with Gasteiger partial charge in [0.1, 0.15) is 0 Å². The average Bonchev–Trinajstić information content (AvgIpc) is 3.27. The summed E-state index contributed by atoms with van der Waals surface area (Å²) in [4.78, 5) is 34.0. The lowest BCUT2D eigenvalue weighted by atomic mass is 10.3. The highest BCUT2D eigenvalue weighted by atomic mass is 19.1. The lowest BCUT2D eigenvalue weighted by Gasteiger charge is -2.09. The summed E-state index contributed by atoms with van der Waals surface area (Å²) in [7, 11) is 0. The van der Waals surface area contributed by atoms with E-state index < -0.39 is 30.1 Å². The smallest absolute Gasteiger partial charge is 0.327 e. The third-order valence-corrected chi connectivity index (χ3v) is 2.63. The maximum atomic E-state index is 13.2. The molecule has 0 aliphatic heterocycles. The van der Waals surface area contributed by atoms with Gasteiger partial charge >= 0.3 is 11.8 Å². The average molecular weight is 295 g/mol. The van der Waals surface area contributed by atoms with Crippen LogP contribution in [-0.4, -0.2) is 30.4 Å². The number of ether oxygens (including phenoxy) is 1. The first-order valence-corrected chi connectivity index (χ1v) is 6.33. The molecule has 7 nitrogen and oxygen atoms in total. The molecule has 0 unspecified atom stereocenters. The highest BCUT2D eigenvalue weighted by Gasteiger charge is 2.26. The van der Waals surface area contributed by atoms with Gasteiger partial charge in [0.2, 0.25) is 0 Å². The van der Waals surface area contributed by atoms with E-state index in [4.69, 9.17) is 4.74 Å². The van der Waals surface area contributed by atoms with Crippen LogP contribution in [0.4, 0.5) is 4.39 Å². The topological polar surface area (TPSA) is 96.5 Å². The summed E-state index contributed by atoms with van der Waals surface area (Å²) in [5, 5.41) is 2.46. The van der Waals surface area contributed by atoms with Gasteiger partial charge in [0.05, 0.1) is 0 Å². The second-order valence-electron chi connectivity index (χ2n) is 4.47. The summed E-state index contributed by atoms with van der Waals surface area (Å²) >= 11 is 0. The summed E-state index contributed by atoms with van der Waals surface area (Å²) in [5.74, 6) is -3.18. The summed E-state index contributed by atoms with van der Waals surface area (Å²) in [6.45, 7) is -0.495. The molecular weight excluding hydrogens is 281 g/mol. The van der Waals surface area contributed by atoms with Crippen molar-refractivity contribution in [2.45, 2.75) is 18.9 Å². The van der Waals surface area contributed by atoms with Gasteiger partial charge in [-0.05, 0) is 25.0 Å². The highest BCUT2D eigenvalue weighted by molar-refractivity contribution is 6.35. The van der Waals surface area contributed by atoms with Crippen LogP contribution in [0.15, 0.2) is 24.3 Å². The fourth-order valence-electron chi connectivity index (χ4n) is 1.40. The third-order valence-electron chi connectivity index (χ3n) is 2.63. The van der Waals surface area contributed by atoms with Gasteiger partial charge in [0.25, 0.3) is 5.91 Å². The van der Waals surface area contributed by atoms with Crippen LogP contribution in [0, 0.1) is 5.82 Å². The number of rotatable bonds is 4. The number of nitrogens with one attached hydrogen (secondary N) is 3. The number of carbonyl (C=O) groups excluding carboxylic acids is 3. The molecule has 1 saturated carbocycles. The molecule has 1 aliphatic carbocycles. The molecule has 0 saturated heterocycles. The molecule has 1 aliphatic rings. The van der Waals surface area contributed by atoms with Crippen LogP contribution in [0.25, 0.3) is 0 Å². The summed E-state index contributed by atoms with van der Waals surface area (Å²) < 4.78 is 18.1. The van der Waals surface area contributed by atoms with Crippen LogP contribution < -0.4 is 20.9 Å². The molecule has 8 heteroatoms. The van der Waals surface area contributed by atoms with Crippen LogP contribution >= 0.6 is 0 Å². The molecule has 0 radical (unpaired) electrons. The van der Waals surface area contributed by atoms with E-state index >= 15 is 0 Å². The van der Waals surface area contributed by atoms with Gasteiger partial charge in [-0.25, -0.2) is 4.39 Å². The molecule has 3 amide bonds. The Labute approximate surface area is 119 Å². The zero-order chi connectivity index (χ0) is 15.2. The zero-order valence-electron chi connectivity index (χ0n) is 11.0. The first kappa shape index (κ1) is 14.8. The lowest BCUT2D eigenvalue weighted by Crippen LogP contribution is -2.50. The predicted octanol–water partition coefficient (Wildman–Crippen LogP) is -0.369. The molecule has 112 valence electrons. The number of carbonyl (C=O) groups is 3. The number of hydrazine groups is 1. The molecule has 0 atom stereocenters. The van der Waals surface area contributed by atoms with Crippen LogP contribution in [0.3, 0.4) is 0 Å². The van der Waals surface area contributed by atoms with Crippen molar-refractivity contribution >= 4 is 17.7 Å². The van der Waals surface area contributed by atoms with Crippen molar-refractivity contribution in [3.63, 3.8) is 0 Å². The van der Waals surface area contributed by atoms with Crippen molar-refractivity contribution in [1.82, 2.24) is 16.2 Å². The van der Waals surface area contributed by atoms with Crippen LogP contribution in [0.2, 0.25) is 0 Å². The Kier molecular flexibility index (Phi) is 4.70. The monoisotopic (exact) mass is 295 g/mol. The number of hydrogen-bond donors (Lipinski definition) is 3. The van der Waals surface area contributed by atoms with Crippen molar-refractivity contribution in [1.29, 1.82) is 0 Å². The second kappa shape index (κ2) is 6.69. The first-order valence-electron chi connectivity index (χ1n) is 6.33. The molecule has 2 rings (SSSR count). The molecule has 1 fully saturated rings. The Morgan fingerprint density at radius 2 is 1.86 bits per heavy atom. The Morgan fingerprint density at radius 3 is 2.52 bits per heavy atom. The Bertz CT molecular complexity index is 560. The van der Waals surface area contributed by atoms with Gasteiger partial charge < -0.3 is 10.1 Å². The van der Waals surface area contributed by atoms with Crippen molar-refractivity contribution in [3.05, 3.63) is 30.1 Å². The van der Waals surface area contributed by atoms with E-state index in [0.29, 0.717) is 0 Å². The van der Waals surface area contributed by atoms with Gasteiger partial charge in [-0.2, -0.15) is 0 Å². The number of para-hydroxylation sites is 1. The van der Waals surface area contributed by atoms with Crippen molar-refractivity contribution in [2.24, 2.45) is 0 Å². The van der Waals surface area contributed by atoms with E-state index in [1.165, 1.54) is 18.2 Å². The Morgan fingerprint density at radius 1 is 1.14 bits per heavy atom. The van der Waals surface area contributed by atoms with Crippen LogP contribution in [0.1, 0.15) is 12.8 Å². The SMILES string of the molecule is O=C(COc1ccccc1F)NNC(=O)C(=O)NC1CC1. The molecule has 21 heavy (non-hydrogen) atoms. The van der Waals surface area contributed by atoms with Gasteiger partial charge in [-0.15, -0.1) is 0 Å². The molecule has 3 N–H and O–H groups in total. The maximum absolute atomic E-state index is 13.2. The summed E-state index contributed by atoms with van der Waals surface area (Å²) in [5.41, 5.74) is 3.94. The molecule has 0 aromatic heterocycles. The lowest BCUT2D eigenvalue weighted by molar-refractivity contribution is -0.141. The van der Waals surface area contributed by atoms with Crippen molar-refractivity contribution < 1.29 is 23.5 Å². The van der Waals surface area contributed by atoms with Crippen molar-refractivity contribution in [2.75, 3.05) is 6.61 Å². The summed E-state index contributed by atoms with van der Waals surface area (Å²) in [6.07, 6.45) is 1.70. The van der Waals surface area contributed by atoms with Gasteiger partial charge in [0.15, 0.2) is 18.2 Å². The fraction of sp³-hybridized carbons (Fsp3) is 0.308. The Balaban J connectivity index is 1.68. The maximum Gasteiger partial charge on any atom is 0.327 e. The van der Waals surface area contributed by atoms with Crippen molar-refractivity contribution in [3.8, 4) is 5.75 Å². The Hall–Kier alpha value is -2.64. The van der Waals surface area contributed by atoms with E-state index in [-0.39, 0.29) is 11.8 Å². The largest absolute Gasteiger partial charge is 0.481 e. The number of hydrogen-bond acceptors (Lipinski definition) is 4. The second-order valence-corrected chi connectivity index (χ2v) is 4.47. The first-order chi connectivity index (χ1) is 10.1. The molecular formula is C13H14FN3O4. The number of amides is 3. The number of benzene rings is 1. The fourth-order valence-corrected chi connectivity index (χ4v) is 1.40. The molecule has 0 spiro atoms. The minimum atomic E-state index is -0.971. The van der Waals surface area contributed by atoms with E-state index in [0.717, 1.165) is 12.8 Å². The molecule has 1 aromatic carbocycles. The van der Waals surface area contributed by atoms with Crippen LogP contribution in [-0.2, 0) is 14.4 Å². The van der Waals surface area contributed by atoms with E-state index in [1.54, 1.807) is 6.07 Å². The number of halogens is 1. The van der Waals surface area contributed by atoms with E-state index in [9.17, 15) is 18.8 Å². The normalized spacial score (nSPS) is 13.2. The third kappa shape index (κ3) is 4.75. The minimum absolute atomic E-state index is 0.0448. The predicted molar refractivity (Wildman–Crippen MR) is 69.3 cm³/mol.